The van der Waals surface area contributed by atoms with Gasteiger partial charge in [-0.25, -0.2) is 0 Å². The van der Waals surface area contributed by atoms with Crippen LogP contribution in [-0.2, 0) is 4.79 Å². The van der Waals surface area contributed by atoms with E-state index in [1.54, 1.807) is 25.3 Å². The Bertz CT molecular complexity index is 1130. The molecule has 2 aromatic carbocycles. The maximum absolute atomic E-state index is 13.5. The molecular formula is C24H20N2O3. The molecule has 29 heavy (non-hydrogen) atoms. The van der Waals surface area contributed by atoms with Gasteiger partial charge in [0.25, 0.3) is 0 Å². The fraction of sp³-hybridized carbons (Fsp3) is 0.208. The first kappa shape index (κ1) is 17.6. The second-order valence-electron chi connectivity index (χ2n) is 7.94. The van der Waals surface area contributed by atoms with Crippen LogP contribution in [-0.4, -0.2) is 27.9 Å². The van der Waals surface area contributed by atoms with Crippen molar-refractivity contribution in [2.24, 2.45) is 5.41 Å². The molecule has 3 atom stereocenters. The lowest BCUT2D eigenvalue weighted by atomic mass is 9.77. The molecule has 0 spiro atoms. The number of aliphatic carboxylic acids is 1. The molecule has 1 N–H and O–H groups in total. The van der Waals surface area contributed by atoms with Crippen molar-refractivity contribution in [1.29, 1.82) is 0 Å². The molecule has 1 fully saturated rings. The minimum absolute atomic E-state index is 0.0604. The lowest BCUT2D eigenvalue weighted by Gasteiger charge is -2.40. The van der Waals surface area contributed by atoms with E-state index in [0.717, 1.165) is 22.5 Å². The summed E-state index contributed by atoms with van der Waals surface area (Å²) >= 11 is 0. The van der Waals surface area contributed by atoms with E-state index >= 15 is 0 Å². The lowest BCUT2D eigenvalue weighted by molar-refractivity contribution is -0.148. The van der Waals surface area contributed by atoms with Gasteiger partial charge < -0.3 is 10.0 Å². The van der Waals surface area contributed by atoms with Crippen LogP contribution in [0.5, 0.6) is 0 Å². The average Bonchev–Trinajstić information content (AvgIpc) is 3.09. The van der Waals surface area contributed by atoms with Gasteiger partial charge in [0, 0.05) is 28.6 Å². The first-order valence-corrected chi connectivity index (χ1v) is 9.67. The summed E-state index contributed by atoms with van der Waals surface area (Å²) in [6.07, 6.45) is 1.92. The molecule has 0 saturated carbocycles. The number of Topliss-reactive ketones (excluding diaryl/α,β-unsaturated/α-hetero) is 1. The number of rotatable bonds is 3. The smallest absolute Gasteiger partial charge is 0.311 e. The number of aromatic nitrogens is 1. The van der Waals surface area contributed by atoms with Gasteiger partial charge in [-0.2, -0.15) is 0 Å². The molecule has 144 valence electrons. The van der Waals surface area contributed by atoms with E-state index in [9.17, 15) is 14.7 Å². The van der Waals surface area contributed by atoms with Crippen molar-refractivity contribution in [3.8, 4) is 11.1 Å². The van der Waals surface area contributed by atoms with Gasteiger partial charge in [0.1, 0.15) is 0 Å². The fourth-order valence-electron chi connectivity index (χ4n) is 4.85. The summed E-state index contributed by atoms with van der Waals surface area (Å²) in [5.74, 6) is -0.971. The number of hydrogen-bond donors (Lipinski definition) is 1. The van der Waals surface area contributed by atoms with Crippen molar-refractivity contribution < 1.29 is 14.7 Å². The lowest BCUT2D eigenvalue weighted by Crippen LogP contribution is -2.42. The van der Waals surface area contributed by atoms with Crippen molar-refractivity contribution in [2.45, 2.75) is 25.4 Å². The molecule has 0 bridgehead atoms. The van der Waals surface area contributed by atoms with Gasteiger partial charge in [0.2, 0.25) is 0 Å². The van der Waals surface area contributed by atoms with E-state index in [0.29, 0.717) is 5.56 Å². The molecule has 0 aliphatic carbocycles. The van der Waals surface area contributed by atoms with Crippen molar-refractivity contribution in [3.63, 3.8) is 0 Å². The zero-order chi connectivity index (χ0) is 20.2. The van der Waals surface area contributed by atoms with E-state index in [-0.39, 0.29) is 12.2 Å². The predicted octanol–water partition coefficient (Wildman–Crippen LogP) is 4.36. The van der Waals surface area contributed by atoms with Gasteiger partial charge in [-0.3, -0.25) is 14.6 Å². The largest absolute Gasteiger partial charge is 0.481 e. The fourth-order valence-corrected chi connectivity index (χ4v) is 4.85. The summed E-state index contributed by atoms with van der Waals surface area (Å²) in [5, 5.41) is 10.2. The van der Waals surface area contributed by atoms with Crippen LogP contribution < -0.4 is 4.90 Å². The first-order valence-electron chi connectivity index (χ1n) is 9.67. The van der Waals surface area contributed by atoms with Crippen molar-refractivity contribution in [2.75, 3.05) is 4.90 Å². The zero-order valence-corrected chi connectivity index (χ0v) is 15.9. The van der Waals surface area contributed by atoms with E-state index in [4.69, 9.17) is 0 Å². The molecule has 5 heteroatoms. The number of carbonyl (C=O) groups excluding carboxylic acids is 1. The van der Waals surface area contributed by atoms with Crippen LogP contribution in [0.4, 0.5) is 5.69 Å². The SMILES string of the molecule is CC1(C(=O)O)CC(C(=O)c2ccccc2)N2c3ccccc3-c3cccnc3C21. The predicted molar refractivity (Wildman–Crippen MR) is 110 cm³/mol. The average molecular weight is 384 g/mol. The van der Waals surface area contributed by atoms with E-state index in [1.165, 1.54) is 0 Å². The number of nitrogens with zero attached hydrogens (tertiary/aromatic N) is 2. The summed E-state index contributed by atoms with van der Waals surface area (Å²) in [6.45, 7) is 1.73. The number of hydrogen-bond acceptors (Lipinski definition) is 4. The Labute approximate surface area is 168 Å². The van der Waals surface area contributed by atoms with Crippen LogP contribution in [0.1, 0.15) is 35.4 Å². The van der Waals surface area contributed by atoms with Crippen LogP contribution in [0.25, 0.3) is 11.1 Å². The molecule has 2 aliphatic rings. The molecule has 2 aliphatic heterocycles. The molecule has 1 saturated heterocycles. The number of carboxylic acid groups (broad SMARTS) is 1. The highest BCUT2D eigenvalue weighted by atomic mass is 16.4. The van der Waals surface area contributed by atoms with Gasteiger partial charge in [0.15, 0.2) is 5.78 Å². The van der Waals surface area contributed by atoms with E-state index < -0.39 is 23.5 Å². The number of ketones is 1. The molecule has 0 amide bonds. The number of carboxylic acids is 1. The van der Waals surface area contributed by atoms with Gasteiger partial charge >= 0.3 is 5.97 Å². The second-order valence-corrected chi connectivity index (χ2v) is 7.94. The van der Waals surface area contributed by atoms with Crippen LogP contribution in [0.3, 0.4) is 0 Å². The topological polar surface area (TPSA) is 70.5 Å². The van der Waals surface area contributed by atoms with Crippen LogP contribution >= 0.6 is 0 Å². The zero-order valence-electron chi connectivity index (χ0n) is 15.9. The Morgan fingerprint density at radius 3 is 2.45 bits per heavy atom. The molecule has 0 radical (unpaired) electrons. The summed E-state index contributed by atoms with van der Waals surface area (Å²) in [7, 11) is 0. The third-order valence-corrected chi connectivity index (χ3v) is 6.25. The molecule has 5 rings (SSSR count). The minimum Gasteiger partial charge on any atom is -0.481 e. The number of carbonyl (C=O) groups is 2. The minimum atomic E-state index is -1.13. The molecule has 3 unspecified atom stereocenters. The van der Waals surface area contributed by atoms with Gasteiger partial charge in [-0.15, -0.1) is 0 Å². The van der Waals surface area contributed by atoms with Crippen molar-refractivity contribution >= 4 is 17.4 Å². The first-order chi connectivity index (χ1) is 14.0. The van der Waals surface area contributed by atoms with Gasteiger partial charge in [-0.1, -0.05) is 54.6 Å². The summed E-state index contributed by atoms with van der Waals surface area (Å²) in [4.78, 5) is 32.5. The second kappa shape index (κ2) is 6.27. The maximum atomic E-state index is 13.5. The Balaban J connectivity index is 1.75. The Kier molecular flexibility index (Phi) is 3.81. The third kappa shape index (κ3) is 2.43. The third-order valence-electron chi connectivity index (χ3n) is 6.25. The Morgan fingerprint density at radius 1 is 1.00 bits per heavy atom. The molecule has 3 heterocycles. The highest BCUT2D eigenvalue weighted by molar-refractivity contribution is 6.05. The maximum Gasteiger partial charge on any atom is 0.311 e. The highest BCUT2D eigenvalue weighted by Crippen LogP contribution is 2.58. The Morgan fingerprint density at radius 2 is 1.69 bits per heavy atom. The van der Waals surface area contributed by atoms with Crippen LogP contribution in [0, 0.1) is 5.41 Å². The molecular weight excluding hydrogens is 364 g/mol. The standard InChI is InChI=1S/C24H20N2O3/c1-24(23(28)29)14-19(21(27)15-8-3-2-4-9-15)26-18-12-6-5-10-16(18)17-11-7-13-25-20(17)22(24)26/h2-13,19,22H,14H2,1H3,(H,28,29). The molecule has 1 aromatic heterocycles. The summed E-state index contributed by atoms with van der Waals surface area (Å²) < 4.78 is 0. The number of benzene rings is 2. The number of anilines is 1. The highest BCUT2D eigenvalue weighted by Gasteiger charge is 2.59. The normalized spacial score (nSPS) is 24.4. The van der Waals surface area contributed by atoms with E-state index in [1.807, 2.05) is 59.5 Å². The monoisotopic (exact) mass is 384 g/mol. The van der Waals surface area contributed by atoms with E-state index in [2.05, 4.69) is 4.98 Å². The number of pyridine rings is 1. The molecule has 5 nitrogen and oxygen atoms in total. The van der Waals surface area contributed by atoms with Crippen LogP contribution in [0.2, 0.25) is 0 Å². The summed E-state index contributed by atoms with van der Waals surface area (Å²) in [5.41, 5.74) is 2.98. The quantitative estimate of drug-likeness (QED) is 0.680. The number of para-hydroxylation sites is 1. The van der Waals surface area contributed by atoms with Crippen molar-refractivity contribution in [1.82, 2.24) is 4.98 Å². The number of fused-ring (bicyclic) bond motifs is 6. The van der Waals surface area contributed by atoms with Gasteiger partial charge in [-0.05, 0) is 25.5 Å². The molecule has 3 aromatic rings. The summed E-state index contributed by atoms with van der Waals surface area (Å²) in [6, 6.07) is 19.7. The van der Waals surface area contributed by atoms with Crippen molar-refractivity contribution in [3.05, 3.63) is 84.2 Å². The van der Waals surface area contributed by atoms with Crippen LogP contribution in [0.15, 0.2) is 72.9 Å². The Hall–Kier alpha value is -3.47. The van der Waals surface area contributed by atoms with Gasteiger partial charge in [0.05, 0.1) is 23.2 Å².